The van der Waals surface area contributed by atoms with Gasteiger partial charge in [-0.3, -0.25) is 9.59 Å². The minimum absolute atomic E-state index is 0.0704. The Morgan fingerprint density at radius 1 is 1.12 bits per heavy atom. The fourth-order valence-corrected chi connectivity index (χ4v) is 3.61. The molecule has 5 heteroatoms. The van der Waals surface area contributed by atoms with E-state index in [0.29, 0.717) is 19.4 Å². The van der Waals surface area contributed by atoms with Crippen LogP contribution >= 0.6 is 0 Å². The lowest BCUT2D eigenvalue weighted by Gasteiger charge is -2.32. The number of carbonyl (C=O) groups excluding carboxylic acids is 2. The highest BCUT2D eigenvalue weighted by Crippen LogP contribution is 2.27. The van der Waals surface area contributed by atoms with Crippen LogP contribution in [0.15, 0.2) is 24.3 Å². The van der Waals surface area contributed by atoms with Crippen molar-refractivity contribution in [3.63, 3.8) is 0 Å². The van der Waals surface area contributed by atoms with Gasteiger partial charge >= 0.3 is 0 Å². The number of hydrogen-bond donors (Lipinski definition) is 2. The lowest BCUT2D eigenvalue weighted by atomic mass is 9.85. The molecule has 1 aliphatic carbocycles. The molecule has 5 nitrogen and oxygen atoms in total. The average molecular weight is 330 g/mol. The molecular weight excluding hydrogens is 304 g/mol. The smallest absolute Gasteiger partial charge is 0.227 e. The van der Waals surface area contributed by atoms with E-state index in [4.69, 9.17) is 0 Å². The van der Waals surface area contributed by atoms with Crippen molar-refractivity contribution in [2.45, 2.75) is 57.0 Å². The summed E-state index contributed by atoms with van der Waals surface area (Å²) in [5.41, 5.74) is 1.09. The zero-order valence-electron chi connectivity index (χ0n) is 14.1. The van der Waals surface area contributed by atoms with Gasteiger partial charge in [-0.15, -0.1) is 0 Å². The maximum Gasteiger partial charge on any atom is 0.227 e. The van der Waals surface area contributed by atoms with Crippen LogP contribution in [0.2, 0.25) is 0 Å². The third kappa shape index (κ3) is 4.15. The summed E-state index contributed by atoms with van der Waals surface area (Å²) >= 11 is 0. The van der Waals surface area contributed by atoms with Crippen LogP contribution < -0.4 is 10.2 Å². The molecule has 130 valence electrons. The highest BCUT2D eigenvalue weighted by Gasteiger charge is 2.29. The van der Waals surface area contributed by atoms with E-state index < -0.39 is 5.60 Å². The third-order valence-corrected chi connectivity index (χ3v) is 5.08. The Labute approximate surface area is 143 Å². The lowest BCUT2D eigenvalue weighted by Crippen LogP contribution is -2.44. The van der Waals surface area contributed by atoms with Gasteiger partial charge in [-0.2, -0.15) is 0 Å². The molecule has 0 spiro atoms. The summed E-state index contributed by atoms with van der Waals surface area (Å²) in [6.07, 6.45) is 6.59. The van der Waals surface area contributed by atoms with Crippen molar-refractivity contribution in [2.75, 3.05) is 18.0 Å². The number of anilines is 1. The Morgan fingerprint density at radius 3 is 2.46 bits per heavy atom. The fourth-order valence-electron chi connectivity index (χ4n) is 3.61. The van der Waals surface area contributed by atoms with E-state index in [2.05, 4.69) is 5.32 Å². The molecule has 24 heavy (non-hydrogen) atoms. The molecule has 2 aliphatic rings. The maximum absolute atomic E-state index is 12.1. The summed E-state index contributed by atoms with van der Waals surface area (Å²) in [5, 5.41) is 13.3. The van der Waals surface area contributed by atoms with Crippen molar-refractivity contribution in [1.82, 2.24) is 5.32 Å². The first-order valence-electron chi connectivity index (χ1n) is 8.94. The number of nitrogens with one attached hydrogen (secondary N) is 1. The van der Waals surface area contributed by atoms with Crippen LogP contribution in [0.1, 0.15) is 50.5 Å². The van der Waals surface area contributed by atoms with E-state index in [0.717, 1.165) is 49.9 Å². The van der Waals surface area contributed by atoms with Crippen molar-refractivity contribution in [3.8, 4) is 0 Å². The topological polar surface area (TPSA) is 69.6 Å². The Balaban J connectivity index is 1.50. The summed E-state index contributed by atoms with van der Waals surface area (Å²) in [7, 11) is 0. The fraction of sp³-hybridized carbons (Fsp3) is 0.579. The van der Waals surface area contributed by atoms with Crippen molar-refractivity contribution in [1.29, 1.82) is 0 Å². The molecule has 1 saturated heterocycles. The Morgan fingerprint density at radius 2 is 1.83 bits per heavy atom. The first-order chi connectivity index (χ1) is 11.6. The molecule has 1 heterocycles. The van der Waals surface area contributed by atoms with Crippen LogP contribution in [0.25, 0.3) is 0 Å². The number of amides is 2. The molecule has 0 radical (unpaired) electrons. The second-order valence-electron chi connectivity index (χ2n) is 7.05. The molecule has 0 aromatic heterocycles. The normalized spacial score (nSPS) is 20.2. The molecule has 2 N–H and O–H groups in total. The predicted octanol–water partition coefficient (Wildman–Crippen LogP) is 2.17. The Bertz CT molecular complexity index is 591. The molecule has 0 atom stereocenters. The molecule has 1 saturated carbocycles. The monoisotopic (exact) mass is 330 g/mol. The Kier molecular flexibility index (Phi) is 5.19. The zero-order valence-corrected chi connectivity index (χ0v) is 14.1. The molecular formula is C19H26N2O3. The van der Waals surface area contributed by atoms with Gasteiger partial charge in [0.05, 0.1) is 12.0 Å². The standard InChI is InChI=1S/C19H26N2O3/c22-17(20-14-19(24)10-2-1-3-11-19)13-15-6-8-16(9-7-15)21-12-4-5-18(21)23/h6-9,24H,1-5,10-14H2,(H,20,22). The van der Waals surface area contributed by atoms with Crippen LogP contribution in [0.4, 0.5) is 5.69 Å². The molecule has 0 bridgehead atoms. The van der Waals surface area contributed by atoms with Gasteiger partial charge in [0.1, 0.15) is 0 Å². The first kappa shape index (κ1) is 17.0. The molecule has 0 unspecified atom stereocenters. The summed E-state index contributed by atoms with van der Waals surface area (Å²) < 4.78 is 0. The van der Waals surface area contributed by atoms with Gasteiger partial charge in [0.2, 0.25) is 11.8 Å². The molecule has 2 fully saturated rings. The summed E-state index contributed by atoms with van der Waals surface area (Å²) in [4.78, 5) is 25.6. The van der Waals surface area contributed by atoms with Crippen LogP contribution in [0.5, 0.6) is 0 Å². The minimum atomic E-state index is -0.728. The summed E-state index contributed by atoms with van der Waals surface area (Å²) in [6, 6.07) is 7.60. The number of hydrogen-bond acceptors (Lipinski definition) is 3. The van der Waals surface area contributed by atoms with E-state index in [1.165, 1.54) is 6.42 Å². The quantitative estimate of drug-likeness (QED) is 0.869. The van der Waals surface area contributed by atoms with Crippen molar-refractivity contribution in [2.24, 2.45) is 0 Å². The summed E-state index contributed by atoms with van der Waals surface area (Å²) in [6.45, 7) is 1.11. The van der Waals surface area contributed by atoms with Crippen LogP contribution in [-0.4, -0.2) is 35.6 Å². The largest absolute Gasteiger partial charge is 0.388 e. The molecule has 2 amide bonds. The highest BCUT2D eigenvalue weighted by molar-refractivity contribution is 5.95. The molecule has 1 aromatic carbocycles. The number of rotatable bonds is 5. The van der Waals surface area contributed by atoms with Gasteiger partial charge in [0, 0.05) is 25.2 Å². The van der Waals surface area contributed by atoms with Crippen LogP contribution in [-0.2, 0) is 16.0 Å². The van der Waals surface area contributed by atoms with E-state index in [1.54, 1.807) is 4.90 Å². The van der Waals surface area contributed by atoms with Crippen LogP contribution in [0, 0.1) is 0 Å². The number of aliphatic hydroxyl groups is 1. The van der Waals surface area contributed by atoms with E-state index in [9.17, 15) is 14.7 Å². The van der Waals surface area contributed by atoms with Crippen molar-refractivity contribution in [3.05, 3.63) is 29.8 Å². The minimum Gasteiger partial charge on any atom is -0.388 e. The second kappa shape index (κ2) is 7.34. The van der Waals surface area contributed by atoms with Gasteiger partial charge in [0.25, 0.3) is 0 Å². The van der Waals surface area contributed by atoms with E-state index >= 15 is 0 Å². The zero-order chi connectivity index (χ0) is 17.0. The van der Waals surface area contributed by atoms with Gasteiger partial charge in [-0.1, -0.05) is 31.4 Å². The van der Waals surface area contributed by atoms with E-state index in [1.807, 2.05) is 24.3 Å². The van der Waals surface area contributed by atoms with Crippen molar-refractivity contribution >= 4 is 17.5 Å². The van der Waals surface area contributed by atoms with E-state index in [-0.39, 0.29) is 11.8 Å². The predicted molar refractivity (Wildman–Crippen MR) is 92.8 cm³/mol. The Hall–Kier alpha value is -1.88. The van der Waals surface area contributed by atoms with Gasteiger partial charge in [-0.05, 0) is 37.0 Å². The SMILES string of the molecule is O=C(Cc1ccc(N2CCCC2=O)cc1)NCC1(O)CCCCC1. The van der Waals surface area contributed by atoms with Gasteiger partial charge in [0.15, 0.2) is 0 Å². The van der Waals surface area contributed by atoms with Gasteiger partial charge in [-0.25, -0.2) is 0 Å². The number of nitrogens with zero attached hydrogens (tertiary/aromatic N) is 1. The summed E-state index contributed by atoms with van der Waals surface area (Å²) in [5.74, 6) is 0.0974. The highest BCUT2D eigenvalue weighted by atomic mass is 16.3. The molecule has 1 aromatic rings. The number of benzene rings is 1. The van der Waals surface area contributed by atoms with Crippen LogP contribution in [0.3, 0.4) is 0 Å². The first-order valence-corrected chi connectivity index (χ1v) is 8.94. The lowest BCUT2D eigenvalue weighted by molar-refractivity contribution is -0.122. The third-order valence-electron chi connectivity index (χ3n) is 5.08. The number of carbonyl (C=O) groups is 2. The molecule has 1 aliphatic heterocycles. The van der Waals surface area contributed by atoms with Crippen molar-refractivity contribution < 1.29 is 14.7 Å². The average Bonchev–Trinajstić information content (AvgIpc) is 3.01. The van der Waals surface area contributed by atoms with Gasteiger partial charge < -0.3 is 15.3 Å². The molecule has 3 rings (SSSR count). The maximum atomic E-state index is 12.1. The second-order valence-corrected chi connectivity index (χ2v) is 7.05.